The van der Waals surface area contributed by atoms with Crippen LogP contribution in [0.5, 0.6) is 0 Å². The molecule has 0 spiro atoms. The number of rotatable bonds is 5. The summed E-state index contributed by atoms with van der Waals surface area (Å²) in [6.45, 7) is 3.96. The summed E-state index contributed by atoms with van der Waals surface area (Å²) in [6, 6.07) is 7.01. The molecule has 0 radical (unpaired) electrons. The molecular weight excluding hydrogens is 258 g/mol. The lowest BCUT2D eigenvalue weighted by atomic mass is 9.97. The van der Waals surface area contributed by atoms with Crippen LogP contribution in [0.2, 0.25) is 0 Å². The Hall–Kier alpha value is -1.15. The first-order valence-electron chi connectivity index (χ1n) is 8.67. The van der Waals surface area contributed by atoms with E-state index in [-0.39, 0.29) is 0 Å². The summed E-state index contributed by atoms with van der Waals surface area (Å²) in [5, 5.41) is 0. The highest BCUT2D eigenvalue weighted by atomic mass is 16.1. The minimum atomic E-state index is 0.313. The van der Waals surface area contributed by atoms with Crippen molar-refractivity contribution in [1.82, 2.24) is 4.90 Å². The minimum Gasteiger partial charge on any atom is -0.293 e. The van der Waals surface area contributed by atoms with E-state index < -0.39 is 0 Å². The number of ketones is 1. The molecule has 1 heterocycles. The SMILES string of the molecule is CCCC1CCCCN1CC(=O)c1ccc2c(c1)CCC2. The molecular formula is C19H27NO. The number of hydrogen-bond donors (Lipinski definition) is 0. The third-order valence-electron chi connectivity index (χ3n) is 5.14. The summed E-state index contributed by atoms with van der Waals surface area (Å²) in [6.07, 6.45) is 9.88. The second-order valence-corrected chi connectivity index (χ2v) is 6.67. The van der Waals surface area contributed by atoms with E-state index in [1.54, 1.807) is 0 Å². The molecule has 0 amide bonds. The lowest BCUT2D eigenvalue weighted by Crippen LogP contribution is -2.42. The van der Waals surface area contributed by atoms with Crippen LogP contribution in [0.25, 0.3) is 0 Å². The zero-order valence-electron chi connectivity index (χ0n) is 13.2. The Morgan fingerprint density at radius 1 is 1.19 bits per heavy atom. The maximum absolute atomic E-state index is 12.6. The van der Waals surface area contributed by atoms with Crippen LogP contribution in [0, 0.1) is 0 Å². The molecule has 1 aliphatic heterocycles. The molecule has 2 heteroatoms. The largest absolute Gasteiger partial charge is 0.293 e. The second kappa shape index (κ2) is 6.74. The monoisotopic (exact) mass is 285 g/mol. The summed E-state index contributed by atoms with van der Waals surface area (Å²) >= 11 is 0. The van der Waals surface area contributed by atoms with Gasteiger partial charge in [-0.2, -0.15) is 0 Å². The predicted octanol–water partition coefficient (Wildman–Crippen LogP) is 4.01. The minimum absolute atomic E-state index is 0.313. The number of hydrogen-bond acceptors (Lipinski definition) is 2. The van der Waals surface area contributed by atoms with E-state index in [9.17, 15) is 4.79 Å². The van der Waals surface area contributed by atoms with Gasteiger partial charge in [0.25, 0.3) is 0 Å². The van der Waals surface area contributed by atoms with Gasteiger partial charge < -0.3 is 0 Å². The average Bonchev–Trinajstić information content (AvgIpc) is 2.97. The molecule has 21 heavy (non-hydrogen) atoms. The molecule has 0 aromatic heterocycles. The molecule has 1 saturated heterocycles. The molecule has 2 nitrogen and oxygen atoms in total. The maximum Gasteiger partial charge on any atom is 0.176 e. The van der Waals surface area contributed by atoms with E-state index in [0.717, 1.165) is 18.5 Å². The molecule has 1 aliphatic carbocycles. The van der Waals surface area contributed by atoms with Crippen LogP contribution in [-0.2, 0) is 12.8 Å². The summed E-state index contributed by atoms with van der Waals surface area (Å²) in [5.41, 5.74) is 3.79. The van der Waals surface area contributed by atoms with Crippen molar-refractivity contribution in [2.45, 2.75) is 64.3 Å². The molecule has 114 valence electrons. The van der Waals surface area contributed by atoms with Crippen LogP contribution >= 0.6 is 0 Å². The molecule has 3 rings (SSSR count). The number of likely N-dealkylation sites (tertiary alicyclic amines) is 1. The van der Waals surface area contributed by atoms with Crippen LogP contribution in [-0.4, -0.2) is 29.8 Å². The smallest absolute Gasteiger partial charge is 0.176 e. The molecule has 1 aromatic carbocycles. The normalized spacial score (nSPS) is 22.2. The molecule has 0 saturated carbocycles. The van der Waals surface area contributed by atoms with Crippen molar-refractivity contribution >= 4 is 5.78 Å². The van der Waals surface area contributed by atoms with E-state index in [2.05, 4.69) is 24.0 Å². The molecule has 1 fully saturated rings. The number of carbonyl (C=O) groups is 1. The van der Waals surface area contributed by atoms with Gasteiger partial charge in [0.15, 0.2) is 5.78 Å². The van der Waals surface area contributed by atoms with Crippen LogP contribution in [0.3, 0.4) is 0 Å². The zero-order valence-corrected chi connectivity index (χ0v) is 13.2. The van der Waals surface area contributed by atoms with Gasteiger partial charge in [0.05, 0.1) is 6.54 Å². The third-order valence-corrected chi connectivity index (χ3v) is 5.14. The van der Waals surface area contributed by atoms with Crippen LogP contribution in [0.15, 0.2) is 18.2 Å². The highest BCUT2D eigenvalue weighted by Crippen LogP contribution is 2.24. The number of nitrogens with zero attached hydrogens (tertiary/aromatic N) is 1. The zero-order chi connectivity index (χ0) is 14.7. The van der Waals surface area contributed by atoms with Gasteiger partial charge in [0.1, 0.15) is 0 Å². The Morgan fingerprint density at radius 2 is 2.05 bits per heavy atom. The molecule has 1 unspecified atom stereocenters. The third kappa shape index (κ3) is 3.37. The Bertz CT molecular complexity index is 506. The van der Waals surface area contributed by atoms with Crippen molar-refractivity contribution in [3.63, 3.8) is 0 Å². The first-order valence-corrected chi connectivity index (χ1v) is 8.67. The van der Waals surface area contributed by atoms with Crippen LogP contribution in [0.4, 0.5) is 0 Å². The summed E-state index contributed by atoms with van der Waals surface area (Å²) in [4.78, 5) is 15.1. The van der Waals surface area contributed by atoms with Gasteiger partial charge in [-0.15, -0.1) is 0 Å². The van der Waals surface area contributed by atoms with E-state index in [1.807, 2.05) is 6.07 Å². The van der Waals surface area contributed by atoms with Gasteiger partial charge in [0.2, 0.25) is 0 Å². The van der Waals surface area contributed by atoms with Crippen molar-refractivity contribution in [3.05, 3.63) is 34.9 Å². The standard InChI is InChI=1S/C19H27NO/c1-2-6-18-9-3-4-12-20(18)14-19(21)17-11-10-15-7-5-8-16(15)13-17/h10-11,13,18H,2-9,12,14H2,1H3. The number of carbonyl (C=O) groups excluding carboxylic acids is 1. The van der Waals surface area contributed by atoms with Gasteiger partial charge in [-0.1, -0.05) is 31.9 Å². The molecule has 0 bridgehead atoms. The fourth-order valence-electron chi connectivity index (χ4n) is 3.95. The summed E-state index contributed by atoms with van der Waals surface area (Å²) < 4.78 is 0. The van der Waals surface area contributed by atoms with Crippen molar-refractivity contribution in [3.8, 4) is 0 Å². The van der Waals surface area contributed by atoms with Gasteiger partial charge in [-0.05, 0) is 62.3 Å². The Kier molecular flexibility index (Phi) is 4.74. The lowest BCUT2D eigenvalue weighted by molar-refractivity contribution is 0.0831. The number of fused-ring (bicyclic) bond motifs is 1. The topological polar surface area (TPSA) is 20.3 Å². The van der Waals surface area contributed by atoms with E-state index in [4.69, 9.17) is 0 Å². The maximum atomic E-state index is 12.6. The first-order chi connectivity index (χ1) is 10.3. The van der Waals surface area contributed by atoms with E-state index >= 15 is 0 Å². The molecule has 1 atom stereocenters. The number of piperidine rings is 1. The van der Waals surface area contributed by atoms with E-state index in [1.165, 1.54) is 56.1 Å². The number of Topliss-reactive ketones (excluding diaryl/α,β-unsaturated/α-hetero) is 1. The second-order valence-electron chi connectivity index (χ2n) is 6.67. The fourth-order valence-corrected chi connectivity index (χ4v) is 3.95. The van der Waals surface area contributed by atoms with Gasteiger partial charge in [0, 0.05) is 11.6 Å². The molecule has 0 N–H and O–H groups in total. The van der Waals surface area contributed by atoms with Crippen molar-refractivity contribution in [2.75, 3.05) is 13.1 Å². The molecule has 1 aromatic rings. The average molecular weight is 285 g/mol. The fraction of sp³-hybridized carbons (Fsp3) is 0.632. The van der Waals surface area contributed by atoms with Gasteiger partial charge in [-0.25, -0.2) is 0 Å². The Labute approximate surface area is 128 Å². The Morgan fingerprint density at radius 3 is 2.90 bits per heavy atom. The number of benzene rings is 1. The van der Waals surface area contributed by atoms with Crippen molar-refractivity contribution < 1.29 is 4.79 Å². The van der Waals surface area contributed by atoms with Crippen molar-refractivity contribution in [1.29, 1.82) is 0 Å². The van der Waals surface area contributed by atoms with E-state index in [0.29, 0.717) is 18.4 Å². The lowest BCUT2D eigenvalue weighted by Gasteiger charge is -2.35. The first kappa shape index (κ1) is 14.8. The summed E-state index contributed by atoms with van der Waals surface area (Å²) in [7, 11) is 0. The van der Waals surface area contributed by atoms with Crippen LogP contribution < -0.4 is 0 Å². The van der Waals surface area contributed by atoms with Crippen molar-refractivity contribution in [2.24, 2.45) is 0 Å². The predicted molar refractivity (Wildman–Crippen MR) is 86.9 cm³/mol. The van der Waals surface area contributed by atoms with Crippen LogP contribution in [0.1, 0.15) is 66.9 Å². The highest BCUT2D eigenvalue weighted by Gasteiger charge is 2.24. The van der Waals surface area contributed by atoms with Gasteiger partial charge in [-0.3, -0.25) is 9.69 Å². The summed E-state index contributed by atoms with van der Waals surface area (Å²) in [5.74, 6) is 0.313. The number of aryl methyl sites for hydroxylation is 2. The Balaban J connectivity index is 1.67. The van der Waals surface area contributed by atoms with Gasteiger partial charge >= 0.3 is 0 Å². The quantitative estimate of drug-likeness (QED) is 0.762. The molecule has 2 aliphatic rings. The highest BCUT2D eigenvalue weighted by molar-refractivity contribution is 5.97.